The summed E-state index contributed by atoms with van der Waals surface area (Å²) in [5.41, 5.74) is 0. The molecule has 0 spiro atoms. The second kappa shape index (κ2) is 5.27. The predicted molar refractivity (Wildman–Crippen MR) is 61.4 cm³/mol. The number of aromatic nitrogens is 2. The molecule has 0 saturated heterocycles. The Hall–Kier alpha value is -1.43. The Balaban J connectivity index is 1.85. The molecule has 1 saturated carbocycles. The van der Waals surface area contributed by atoms with E-state index in [-0.39, 0.29) is 11.7 Å². The van der Waals surface area contributed by atoms with Gasteiger partial charge in [-0.1, -0.05) is 11.6 Å². The SMILES string of the molecule is CNC(=O)c1noc(CN(C)CC2CCC2)n1. The first-order valence-corrected chi connectivity index (χ1v) is 5.92. The molecule has 1 heterocycles. The van der Waals surface area contributed by atoms with Gasteiger partial charge in [0.05, 0.1) is 6.54 Å². The molecule has 1 aromatic rings. The Bertz CT molecular complexity index is 387. The Labute approximate surface area is 100 Å². The van der Waals surface area contributed by atoms with Gasteiger partial charge in [0, 0.05) is 13.6 Å². The molecule has 1 N–H and O–H groups in total. The lowest BCUT2D eigenvalue weighted by molar-refractivity contribution is 0.0950. The summed E-state index contributed by atoms with van der Waals surface area (Å²) < 4.78 is 5.03. The van der Waals surface area contributed by atoms with E-state index >= 15 is 0 Å². The number of hydrogen-bond donors (Lipinski definition) is 1. The van der Waals surface area contributed by atoms with Gasteiger partial charge in [0.15, 0.2) is 0 Å². The van der Waals surface area contributed by atoms with Gasteiger partial charge in [0.25, 0.3) is 11.7 Å². The Morgan fingerprint density at radius 1 is 1.59 bits per heavy atom. The standard InChI is InChI=1S/C11H18N4O2/c1-12-11(16)10-13-9(17-14-10)7-15(2)6-8-4-3-5-8/h8H,3-7H2,1-2H3,(H,12,16). The summed E-state index contributed by atoms with van der Waals surface area (Å²) in [6.07, 6.45) is 3.98. The van der Waals surface area contributed by atoms with E-state index in [1.807, 2.05) is 7.05 Å². The van der Waals surface area contributed by atoms with Crippen LogP contribution in [-0.4, -0.2) is 41.6 Å². The van der Waals surface area contributed by atoms with Gasteiger partial charge >= 0.3 is 0 Å². The summed E-state index contributed by atoms with van der Waals surface area (Å²) in [5.74, 6) is 1.08. The van der Waals surface area contributed by atoms with Crippen molar-refractivity contribution in [2.45, 2.75) is 25.8 Å². The first-order valence-electron chi connectivity index (χ1n) is 5.92. The predicted octanol–water partition coefficient (Wildman–Crippen LogP) is 0.661. The third-order valence-electron chi connectivity index (χ3n) is 3.10. The zero-order valence-corrected chi connectivity index (χ0v) is 10.3. The molecule has 1 amide bonds. The topological polar surface area (TPSA) is 71.3 Å². The average Bonchev–Trinajstić information content (AvgIpc) is 2.71. The maximum atomic E-state index is 11.2. The highest BCUT2D eigenvalue weighted by Gasteiger charge is 2.20. The first kappa shape index (κ1) is 12.0. The third kappa shape index (κ3) is 3.03. The van der Waals surface area contributed by atoms with Gasteiger partial charge in [-0.25, -0.2) is 0 Å². The largest absolute Gasteiger partial charge is 0.352 e. The Morgan fingerprint density at radius 3 is 2.94 bits per heavy atom. The van der Waals surface area contributed by atoms with Gasteiger partial charge in [-0.2, -0.15) is 4.98 Å². The number of nitrogens with zero attached hydrogens (tertiary/aromatic N) is 3. The zero-order chi connectivity index (χ0) is 12.3. The molecule has 1 aliphatic rings. The molecule has 1 fully saturated rings. The van der Waals surface area contributed by atoms with Crippen molar-refractivity contribution in [2.24, 2.45) is 5.92 Å². The van der Waals surface area contributed by atoms with E-state index in [0.29, 0.717) is 12.4 Å². The molecule has 0 aliphatic heterocycles. The summed E-state index contributed by atoms with van der Waals surface area (Å²) >= 11 is 0. The molecular weight excluding hydrogens is 220 g/mol. The third-order valence-corrected chi connectivity index (χ3v) is 3.10. The minimum Gasteiger partial charge on any atom is -0.352 e. The lowest BCUT2D eigenvalue weighted by Gasteiger charge is -2.29. The van der Waals surface area contributed by atoms with Crippen LogP contribution < -0.4 is 5.32 Å². The van der Waals surface area contributed by atoms with E-state index < -0.39 is 0 Å². The lowest BCUT2D eigenvalue weighted by Crippen LogP contribution is -2.29. The summed E-state index contributed by atoms with van der Waals surface area (Å²) in [6, 6.07) is 0. The molecule has 2 rings (SSSR count). The van der Waals surface area contributed by atoms with Gasteiger partial charge in [-0.05, 0) is 25.8 Å². The average molecular weight is 238 g/mol. The number of amides is 1. The Kier molecular flexibility index (Phi) is 3.73. The van der Waals surface area contributed by atoms with Crippen LogP contribution in [0.25, 0.3) is 0 Å². The minimum absolute atomic E-state index is 0.0968. The van der Waals surface area contributed by atoms with E-state index in [4.69, 9.17) is 4.52 Å². The van der Waals surface area contributed by atoms with Crippen molar-refractivity contribution >= 4 is 5.91 Å². The first-order chi connectivity index (χ1) is 8.19. The fourth-order valence-corrected chi connectivity index (χ4v) is 1.93. The minimum atomic E-state index is -0.318. The van der Waals surface area contributed by atoms with Crippen molar-refractivity contribution in [2.75, 3.05) is 20.6 Å². The number of carbonyl (C=O) groups excluding carboxylic acids is 1. The van der Waals surface area contributed by atoms with Crippen molar-refractivity contribution in [3.63, 3.8) is 0 Å². The van der Waals surface area contributed by atoms with Crippen molar-refractivity contribution in [3.05, 3.63) is 11.7 Å². The number of nitrogens with one attached hydrogen (secondary N) is 1. The molecule has 6 nitrogen and oxygen atoms in total. The molecule has 0 radical (unpaired) electrons. The van der Waals surface area contributed by atoms with Crippen LogP contribution in [0.2, 0.25) is 0 Å². The van der Waals surface area contributed by atoms with Gasteiger partial charge in [-0.3, -0.25) is 9.69 Å². The van der Waals surface area contributed by atoms with E-state index in [9.17, 15) is 4.79 Å². The van der Waals surface area contributed by atoms with Crippen LogP contribution in [0, 0.1) is 5.92 Å². The molecule has 0 bridgehead atoms. The highest BCUT2D eigenvalue weighted by atomic mass is 16.5. The fraction of sp³-hybridized carbons (Fsp3) is 0.727. The fourth-order valence-electron chi connectivity index (χ4n) is 1.93. The molecule has 6 heteroatoms. The van der Waals surface area contributed by atoms with Crippen LogP contribution >= 0.6 is 0 Å². The molecule has 1 aliphatic carbocycles. The maximum Gasteiger partial charge on any atom is 0.292 e. The smallest absolute Gasteiger partial charge is 0.292 e. The number of carbonyl (C=O) groups is 1. The summed E-state index contributed by atoms with van der Waals surface area (Å²) in [5, 5.41) is 6.09. The number of hydrogen-bond acceptors (Lipinski definition) is 5. The highest BCUT2D eigenvalue weighted by Crippen LogP contribution is 2.26. The van der Waals surface area contributed by atoms with Crippen LogP contribution in [0.4, 0.5) is 0 Å². The monoisotopic (exact) mass is 238 g/mol. The quantitative estimate of drug-likeness (QED) is 0.816. The molecule has 0 atom stereocenters. The second-order valence-electron chi connectivity index (χ2n) is 4.58. The van der Waals surface area contributed by atoms with Gasteiger partial charge < -0.3 is 9.84 Å². The van der Waals surface area contributed by atoms with E-state index in [2.05, 4.69) is 20.4 Å². The van der Waals surface area contributed by atoms with Crippen LogP contribution in [0.3, 0.4) is 0 Å². The van der Waals surface area contributed by atoms with Gasteiger partial charge in [0.1, 0.15) is 0 Å². The summed E-state index contributed by atoms with van der Waals surface area (Å²) in [6.45, 7) is 1.65. The second-order valence-corrected chi connectivity index (χ2v) is 4.58. The van der Waals surface area contributed by atoms with Crippen molar-refractivity contribution in [3.8, 4) is 0 Å². The molecule has 94 valence electrons. The Morgan fingerprint density at radius 2 is 2.35 bits per heavy atom. The molecule has 0 aromatic carbocycles. The van der Waals surface area contributed by atoms with Crippen LogP contribution in [0.5, 0.6) is 0 Å². The van der Waals surface area contributed by atoms with Gasteiger partial charge in [0.2, 0.25) is 5.89 Å². The normalized spacial score (nSPS) is 15.9. The zero-order valence-electron chi connectivity index (χ0n) is 10.3. The van der Waals surface area contributed by atoms with Crippen molar-refractivity contribution < 1.29 is 9.32 Å². The van der Waals surface area contributed by atoms with Crippen LogP contribution in [-0.2, 0) is 6.54 Å². The molecule has 0 unspecified atom stereocenters. The summed E-state index contributed by atoms with van der Waals surface area (Å²) in [7, 11) is 3.57. The molecular formula is C11H18N4O2. The highest BCUT2D eigenvalue weighted by molar-refractivity contribution is 5.89. The van der Waals surface area contributed by atoms with Crippen LogP contribution in [0.1, 0.15) is 35.8 Å². The maximum absolute atomic E-state index is 11.2. The summed E-state index contributed by atoms with van der Waals surface area (Å²) in [4.78, 5) is 17.4. The number of rotatable bonds is 5. The van der Waals surface area contributed by atoms with E-state index in [1.54, 1.807) is 7.05 Å². The van der Waals surface area contributed by atoms with Crippen molar-refractivity contribution in [1.29, 1.82) is 0 Å². The molecule has 17 heavy (non-hydrogen) atoms. The van der Waals surface area contributed by atoms with E-state index in [0.717, 1.165) is 12.5 Å². The van der Waals surface area contributed by atoms with Gasteiger partial charge in [-0.15, -0.1) is 0 Å². The van der Waals surface area contributed by atoms with Crippen LogP contribution in [0.15, 0.2) is 4.52 Å². The van der Waals surface area contributed by atoms with E-state index in [1.165, 1.54) is 19.3 Å². The van der Waals surface area contributed by atoms with Crippen molar-refractivity contribution in [1.82, 2.24) is 20.4 Å². The lowest BCUT2D eigenvalue weighted by atomic mass is 9.85. The molecule has 1 aromatic heterocycles.